The number of piperazine rings is 2. The highest BCUT2D eigenvalue weighted by atomic mass is 16.2. The van der Waals surface area contributed by atoms with E-state index in [4.69, 9.17) is 0 Å². The number of hydrogen-bond donors (Lipinski definition) is 1. The van der Waals surface area contributed by atoms with Crippen molar-refractivity contribution in [2.45, 2.75) is 27.3 Å². The molecule has 0 radical (unpaired) electrons. The first-order chi connectivity index (χ1) is 14.9. The van der Waals surface area contributed by atoms with Gasteiger partial charge in [-0.1, -0.05) is 38.1 Å². The first-order valence-electron chi connectivity index (χ1n) is 11.7. The molecular weight excluding hydrogens is 390 g/mol. The Bertz CT molecular complexity index is 722. The van der Waals surface area contributed by atoms with E-state index < -0.39 is 0 Å². The molecule has 172 valence electrons. The van der Waals surface area contributed by atoms with Gasteiger partial charge < -0.3 is 10.2 Å². The molecule has 2 aliphatic rings. The molecule has 1 aromatic rings. The van der Waals surface area contributed by atoms with Gasteiger partial charge in [-0.3, -0.25) is 24.3 Å². The molecule has 1 aromatic carbocycles. The molecule has 0 saturated carbocycles. The molecule has 2 saturated heterocycles. The SMILES string of the molecule is Cc1ccccc1CN1CCN(C(=O)CN2CCN(CC(=O)NCC(C)C)CC2)CC1. The van der Waals surface area contributed by atoms with Crippen LogP contribution in [0.4, 0.5) is 0 Å². The minimum Gasteiger partial charge on any atom is -0.355 e. The maximum atomic E-state index is 12.8. The van der Waals surface area contributed by atoms with Crippen LogP contribution in [0, 0.1) is 12.8 Å². The normalized spacial score (nSPS) is 19.0. The Kier molecular flexibility index (Phi) is 8.87. The molecule has 2 amide bonds. The summed E-state index contributed by atoms with van der Waals surface area (Å²) >= 11 is 0. The number of nitrogens with zero attached hydrogens (tertiary/aromatic N) is 4. The Morgan fingerprint density at radius 2 is 1.45 bits per heavy atom. The number of nitrogens with one attached hydrogen (secondary N) is 1. The Labute approximate surface area is 187 Å². The molecule has 7 heteroatoms. The van der Waals surface area contributed by atoms with Crippen LogP contribution in [0.5, 0.6) is 0 Å². The van der Waals surface area contributed by atoms with E-state index >= 15 is 0 Å². The van der Waals surface area contributed by atoms with Gasteiger partial charge in [-0.15, -0.1) is 0 Å². The highest BCUT2D eigenvalue weighted by Crippen LogP contribution is 2.13. The van der Waals surface area contributed by atoms with E-state index in [1.165, 1.54) is 11.1 Å². The number of amides is 2. The summed E-state index contributed by atoms with van der Waals surface area (Å²) in [5, 5.41) is 2.98. The zero-order valence-electron chi connectivity index (χ0n) is 19.5. The summed E-state index contributed by atoms with van der Waals surface area (Å²) in [5.74, 6) is 0.802. The zero-order chi connectivity index (χ0) is 22.2. The second-order valence-electron chi connectivity index (χ2n) is 9.33. The van der Waals surface area contributed by atoms with Crippen molar-refractivity contribution < 1.29 is 9.59 Å². The quantitative estimate of drug-likeness (QED) is 0.669. The van der Waals surface area contributed by atoms with Crippen molar-refractivity contribution in [3.05, 3.63) is 35.4 Å². The molecule has 31 heavy (non-hydrogen) atoms. The molecule has 1 N–H and O–H groups in total. The Morgan fingerprint density at radius 1 is 0.871 bits per heavy atom. The lowest BCUT2D eigenvalue weighted by Gasteiger charge is -2.38. The monoisotopic (exact) mass is 429 g/mol. The van der Waals surface area contributed by atoms with Gasteiger partial charge in [0.2, 0.25) is 11.8 Å². The van der Waals surface area contributed by atoms with Gasteiger partial charge in [0.25, 0.3) is 0 Å². The summed E-state index contributed by atoms with van der Waals surface area (Å²) in [4.78, 5) is 33.7. The summed E-state index contributed by atoms with van der Waals surface area (Å²) < 4.78 is 0. The molecule has 0 bridgehead atoms. The number of carbonyl (C=O) groups excluding carboxylic acids is 2. The number of carbonyl (C=O) groups is 2. The molecule has 7 nitrogen and oxygen atoms in total. The van der Waals surface area contributed by atoms with Gasteiger partial charge in [-0.25, -0.2) is 0 Å². The maximum Gasteiger partial charge on any atom is 0.236 e. The van der Waals surface area contributed by atoms with Gasteiger partial charge >= 0.3 is 0 Å². The molecule has 3 rings (SSSR count). The fourth-order valence-corrected chi connectivity index (χ4v) is 4.16. The highest BCUT2D eigenvalue weighted by Gasteiger charge is 2.25. The summed E-state index contributed by atoms with van der Waals surface area (Å²) in [6.45, 7) is 15.8. The largest absolute Gasteiger partial charge is 0.355 e. The third-order valence-corrected chi connectivity index (χ3v) is 6.28. The van der Waals surface area contributed by atoms with Crippen LogP contribution in [-0.2, 0) is 16.1 Å². The molecule has 2 fully saturated rings. The fourth-order valence-electron chi connectivity index (χ4n) is 4.16. The van der Waals surface area contributed by atoms with Crippen LogP contribution in [0.25, 0.3) is 0 Å². The lowest BCUT2D eigenvalue weighted by molar-refractivity contribution is -0.135. The molecule has 0 spiro atoms. The van der Waals surface area contributed by atoms with Gasteiger partial charge in [0, 0.05) is 65.4 Å². The average Bonchev–Trinajstić information content (AvgIpc) is 2.76. The zero-order valence-corrected chi connectivity index (χ0v) is 19.5. The van der Waals surface area contributed by atoms with Crippen molar-refractivity contribution in [3.8, 4) is 0 Å². The Balaban J connectivity index is 1.33. The van der Waals surface area contributed by atoms with E-state index in [0.29, 0.717) is 19.0 Å². The van der Waals surface area contributed by atoms with E-state index in [1.807, 2.05) is 4.90 Å². The summed E-state index contributed by atoms with van der Waals surface area (Å²) in [6.07, 6.45) is 0. The van der Waals surface area contributed by atoms with Crippen molar-refractivity contribution in [3.63, 3.8) is 0 Å². The Hall–Kier alpha value is -1.96. The minimum atomic E-state index is 0.0989. The topological polar surface area (TPSA) is 59.1 Å². The second-order valence-corrected chi connectivity index (χ2v) is 9.33. The van der Waals surface area contributed by atoms with Crippen molar-refractivity contribution in [1.29, 1.82) is 0 Å². The molecule has 2 aliphatic heterocycles. The second kappa shape index (κ2) is 11.6. The van der Waals surface area contributed by atoms with E-state index in [1.54, 1.807) is 0 Å². The third-order valence-electron chi connectivity index (χ3n) is 6.28. The van der Waals surface area contributed by atoms with Gasteiger partial charge in [0.1, 0.15) is 0 Å². The van der Waals surface area contributed by atoms with Crippen LogP contribution in [-0.4, -0.2) is 103 Å². The molecule has 0 aliphatic carbocycles. The molecule has 0 unspecified atom stereocenters. The van der Waals surface area contributed by atoms with Gasteiger partial charge in [-0.05, 0) is 24.0 Å². The van der Waals surface area contributed by atoms with Gasteiger partial charge in [-0.2, -0.15) is 0 Å². The predicted octanol–water partition coefficient (Wildman–Crippen LogP) is 1.03. The number of rotatable bonds is 8. The maximum absolute atomic E-state index is 12.8. The highest BCUT2D eigenvalue weighted by molar-refractivity contribution is 5.78. The Morgan fingerprint density at radius 3 is 2.06 bits per heavy atom. The number of aryl methyl sites for hydroxylation is 1. The molecule has 0 atom stereocenters. The van der Waals surface area contributed by atoms with E-state index in [9.17, 15) is 9.59 Å². The van der Waals surface area contributed by atoms with Crippen molar-refractivity contribution in [1.82, 2.24) is 24.9 Å². The first kappa shape index (κ1) is 23.7. The fraction of sp³-hybridized carbons (Fsp3) is 0.667. The van der Waals surface area contributed by atoms with Crippen LogP contribution in [0.15, 0.2) is 24.3 Å². The predicted molar refractivity (Wildman–Crippen MR) is 124 cm³/mol. The summed E-state index contributed by atoms with van der Waals surface area (Å²) in [5.41, 5.74) is 2.70. The number of hydrogen-bond acceptors (Lipinski definition) is 5. The molecule has 2 heterocycles. The molecular formula is C24H39N5O2. The third kappa shape index (κ3) is 7.59. The first-order valence-corrected chi connectivity index (χ1v) is 11.7. The van der Waals surface area contributed by atoms with E-state index in [0.717, 1.165) is 65.4 Å². The van der Waals surface area contributed by atoms with Crippen molar-refractivity contribution in [2.24, 2.45) is 5.92 Å². The van der Waals surface area contributed by atoms with Crippen LogP contribution in [0.3, 0.4) is 0 Å². The van der Waals surface area contributed by atoms with Gasteiger partial charge in [0.15, 0.2) is 0 Å². The summed E-state index contributed by atoms with van der Waals surface area (Å²) in [6, 6.07) is 8.53. The smallest absolute Gasteiger partial charge is 0.236 e. The summed E-state index contributed by atoms with van der Waals surface area (Å²) in [7, 11) is 0. The van der Waals surface area contributed by atoms with Crippen molar-refractivity contribution >= 4 is 11.8 Å². The lowest BCUT2D eigenvalue weighted by atomic mass is 10.1. The van der Waals surface area contributed by atoms with Gasteiger partial charge in [0.05, 0.1) is 13.1 Å². The lowest BCUT2D eigenvalue weighted by Crippen LogP contribution is -2.54. The minimum absolute atomic E-state index is 0.0989. The van der Waals surface area contributed by atoms with E-state index in [-0.39, 0.29) is 11.8 Å². The van der Waals surface area contributed by atoms with Crippen LogP contribution in [0.1, 0.15) is 25.0 Å². The van der Waals surface area contributed by atoms with Crippen molar-refractivity contribution in [2.75, 3.05) is 72.0 Å². The van der Waals surface area contributed by atoms with E-state index in [2.05, 4.69) is 65.1 Å². The number of benzene rings is 1. The van der Waals surface area contributed by atoms with Crippen LogP contribution < -0.4 is 5.32 Å². The van der Waals surface area contributed by atoms with Crippen LogP contribution in [0.2, 0.25) is 0 Å². The molecule has 0 aromatic heterocycles. The standard InChI is InChI=1S/C24H39N5O2/c1-20(2)16-25-23(30)18-27-8-10-28(11-9-27)19-24(31)29-14-12-26(13-15-29)17-22-7-5-4-6-21(22)3/h4-7,20H,8-19H2,1-3H3,(H,25,30). The average molecular weight is 430 g/mol. The van der Waals surface area contributed by atoms with Crippen LogP contribution >= 0.6 is 0 Å².